The normalized spacial score (nSPS) is 22.7. The molecule has 1 N–H and O–H groups in total. The maximum Gasteiger partial charge on any atom is 0.253 e. The van der Waals surface area contributed by atoms with Crippen molar-refractivity contribution in [3.63, 3.8) is 0 Å². The second-order valence-corrected chi connectivity index (χ2v) is 6.92. The monoisotopic (exact) mass is 300 g/mol. The van der Waals surface area contributed by atoms with E-state index in [2.05, 4.69) is 4.98 Å². The molecule has 2 saturated heterocycles. The van der Waals surface area contributed by atoms with E-state index in [0.29, 0.717) is 26.3 Å². The van der Waals surface area contributed by atoms with Crippen LogP contribution in [0.25, 0.3) is 10.9 Å². The molecule has 0 unspecified atom stereocenters. The zero-order valence-electron chi connectivity index (χ0n) is 12.9. The average molecular weight is 300 g/mol. The van der Waals surface area contributed by atoms with Crippen LogP contribution in [0.1, 0.15) is 24.2 Å². The number of aromatic nitrogens is 1. The van der Waals surface area contributed by atoms with Crippen LogP contribution in [-0.2, 0) is 9.47 Å². The number of amides is 1. The molecule has 2 aromatic rings. The molecule has 2 fully saturated rings. The molecule has 2 aliphatic rings. The van der Waals surface area contributed by atoms with Gasteiger partial charge in [-0.15, -0.1) is 0 Å². The number of aromatic amines is 1. The largest absolute Gasteiger partial charge is 0.361 e. The Balaban J connectivity index is 1.45. The standard InChI is InChI=1S/C17H20N2O3/c1-16(2)21-10-17(11-22-16)8-19(9-17)15(20)13-4-3-12-5-6-18-14(12)7-13/h3-7,18H,8-11H2,1-2H3. The highest BCUT2D eigenvalue weighted by Crippen LogP contribution is 2.38. The SMILES string of the molecule is CC1(C)OCC2(CO1)CN(C(=O)c1ccc3cc[nH]c3c1)C2. The lowest BCUT2D eigenvalue weighted by atomic mass is 9.80. The van der Waals surface area contributed by atoms with E-state index >= 15 is 0 Å². The minimum absolute atomic E-state index is 0.0261. The third-order valence-electron chi connectivity index (χ3n) is 4.59. The van der Waals surface area contributed by atoms with Crippen LogP contribution in [0.4, 0.5) is 0 Å². The summed E-state index contributed by atoms with van der Waals surface area (Å²) < 4.78 is 11.5. The van der Waals surface area contributed by atoms with Gasteiger partial charge in [-0.2, -0.15) is 0 Å². The maximum atomic E-state index is 12.6. The van der Waals surface area contributed by atoms with Crippen LogP contribution in [0.15, 0.2) is 30.5 Å². The fourth-order valence-corrected chi connectivity index (χ4v) is 3.19. The second kappa shape index (κ2) is 4.57. The Morgan fingerprint density at radius 2 is 1.91 bits per heavy atom. The molecule has 2 aliphatic heterocycles. The minimum Gasteiger partial charge on any atom is -0.361 e. The summed E-state index contributed by atoms with van der Waals surface area (Å²) in [5.41, 5.74) is 1.69. The number of H-pyrrole nitrogens is 1. The number of hydrogen-bond acceptors (Lipinski definition) is 3. The van der Waals surface area contributed by atoms with E-state index in [-0.39, 0.29) is 11.3 Å². The van der Waals surface area contributed by atoms with Crippen LogP contribution in [0.5, 0.6) is 0 Å². The summed E-state index contributed by atoms with van der Waals surface area (Å²) in [5, 5.41) is 1.12. The van der Waals surface area contributed by atoms with Crippen molar-refractivity contribution in [2.45, 2.75) is 19.6 Å². The van der Waals surface area contributed by atoms with Crippen molar-refractivity contribution in [3.05, 3.63) is 36.0 Å². The van der Waals surface area contributed by atoms with Gasteiger partial charge in [-0.1, -0.05) is 6.07 Å². The van der Waals surface area contributed by atoms with Crippen LogP contribution < -0.4 is 0 Å². The molecule has 5 nitrogen and oxygen atoms in total. The number of hydrogen-bond donors (Lipinski definition) is 1. The van der Waals surface area contributed by atoms with Gasteiger partial charge in [-0.05, 0) is 37.4 Å². The first kappa shape index (κ1) is 13.8. The number of fused-ring (bicyclic) bond motifs is 1. The zero-order valence-corrected chi connectivity index (χ0v) is 12.9. The smallest absolute Gasteiger partial charge is 0.253 e. The summed E-state index contributed by atoms with van der Waals surface area (Å²) in [5.74, 6) is -0.430. The van der Waals surface area contributed by atoms with Crippen molar-refractivity contribution in [1.29, 1.82) is 0 Å². The molecule has 116 valence electrons. The lowest BCUT2D eigenvalue weighted by molar-refractivity contribution is -0.301. The van der Waals surface area contributed by atoms with Crippen LogP contribution in [-0.4, -0.2) is 47.9 Å². The molecule has 5 heteroatoms. The second-order valence-electron chi connectivity index (χ2n) is 6.92. The molecule has 1 aromatic heterocycles. The van der Waals surface area contributed by atoms with Gasteiger partial charge in [0.25, 0.3) is 5.91 Å². The predicted octanol–water partition coefficient (Wildman–Crippen LogP) is 2.39. The summed E-state index contributed by atoms with van der Waals surface area (Å²) in [4.78, 5) is 17.6. The Hall–Kier alpha value is -1.85. The fraction of sp³-hybridized carbons (Fsp3) is 0.471. The fourth-order valence-electron chi connectivity index (χ4n) is 3.19. The van der Waals surface area contributed by atoms with Crippen molar-refractivity contribution in [2.75, 3.05) is 26.3 Å². The molecule has 0 bridgehead atoms. The Labute approximate surface area is 129 Å². The first-order chi connectivity index (χ1) is 10.5. The van der Waals surface area contributed by atoms with Gasteiger partial charge in [0.2, 0.25) is 0 Å². The molecule has 1 spiro atoms. The highest BCUT2D eigenvalue weighted by atomic mass is 16.7. The quantitative estimate of drug-likeness (QED) is 0.880. The van der Waals surface area contributed by atoms with Crippen molar-refractivity contribution in [3.8, 4) is 0 Å². The zero-order chi connectivity index (χ0) is 15.4. The lowest BCUT2D eigenvalue weighted by Gasteiger charge is -2.54. The maximum absolute atomic E-state index is 12.6. The number of ether oxygens (including phenoxy) is 2. The molecule has 1 aromatic carbocycles. The van der Waals surface area contributed by atoms with Gasteiger partial charge in [-0.25, -0.2) is 0 Å². The van der Waals surface area contributed by atoms with Crippen LogP contribution in [0, 0.1) is 5.41 Å². The number of benzene rings is 1. The molecule has 4 rings (SSSR count). The summed E-state index contributed by atoms with van der Waals surface area (Å²) in [7, 11) is 0. The van der Waals surface area contributed by atoms with Gasteiger partial charge < -0.3 is 19.4 Å². The van der Waals surface area contributed by atoms with Crippen molar-refractivity contribution >= 4 is 16.8 Å². The molecule has 3 heterocycles. The lowest BCUT2D eigenvalue weighted by Crippen LogP contribution is -2.65. The van der Waals surface area contributed by atoms with Gasteiger partial charge >= 0.3 is 0 Å². The van der Waals surface area contributed by atoms with Crippen LogP contribution in [0.3, 0.4) is 0 Å². The van der Waals surface area contributed by atoms with Gasteiger partial charge in [0.05, 0.1) is 18.6 Å². The molecule has 22 heavy (non-hydrogen) atoms. The third-order valence-corrected chi connectivity index (χ3v) is 4.59. The van der Waals surface area contributed by atoms with E-state index in [4.69, 9.17) is 9.47 Å². The van der Waals surface area contributed by atoms with Gasteiger partial charge in [0.15, 0.2) is 5.79 Å². The first-order valence-electron chi connectivity index (χ1n) is 7.61. The Kier molecular flexibility index (Phi) is 2.86. The van der Waals surface area contributed by atoms with E-state index < -0.39 is 5.79 Å². The van der Waals surface area contributed by atoms with Crippen molar-refractivity contribution in [2.24, 2.45) is 5.41 Å². The third kappa shape index (κ3) is 2.21. The highest BCUT2D eigenvalue weighted by Gasteiger charge is 2.50. The first-order valence-corrected chi connectivity index (χ1v) is 7.61. The topological polar surface area (TPSA) is 54.6 Å². The highest BCUT2D eigenvalue weighted by molar-refractivity contribution is 5.98. The number of carbonyl (C=O) groups excluding carboxylic acids is 1. The molecular weight excluding hydrogens is 280 g/mol. The van der Waals surface area contributed by atoms with Gasteiger partial charge in [0, 0.05) is 30.4 Å². The summed E-state index contributed by atoms with van der Waals surface area (Å²) in [6, 6.07) is 7.78. The Bertz CT molecular complexity index is 716. The van der Waals surface area contributed by atoms with Crippen molar-refractivity contribution in [1.82, 2.24) is 9.88 Å². The van der Waals surface area contributed by atoms with E-state index in [9.17, 15) is 4.79 Å². The Morgan fingerprint density at radius 3 is 2.64 bits per heavy atom. The van der Waals surface area contributed by atoms with E-state index in [1.165, 1.54) is 0 Å². The van der Waals surface area contributed by atoms with Gasteiger partial charge in [-0.3, -0.25) is 4.79 Å². The summed E-state index contributed by atoms with van der Waals surface area (Å²) in [6.45, 7) is 6.55. The number of rotatable bonds is 1. The minimum atomic E-state index is -0.506. The molecule has 1 amide bonds. The number of likely N-dealkylation sites (tertiary alicyclic amines) is 1. The summed E-state index contributed by atoms with van der Waals surface area (Å²) in [6.07, 6.45) is 1.88. The van der Waals surface area contributed by atoms with Crippen LogP contribution in [0.2, 0.25) is 0 Å². The molecule has 0 atom stereocenters. The average Bonchev–Trinajstić information content (AvgIpc) is 2.92. The molecule has 0 saturated carbocycles. The van der Waals surface area contributed by atoms with E-state index in [1.54, 1.807) is 0 Å². The Morgan fingerprint density at radius 1 is 1.18 bits per heavy atom. The molecule has 0 aliphatic carbocycles. The van der Waals surface area contributed by atoms with E-state index in [1.807, 2.05) is 49.2 Å². The molecule has 0 radical (unpaired) electrons. The molecular formula is C17H20N2O3. The van der Waals surface area contributed by atoms with E-state index in [0.717, 1.165) is 16.5 Å². The van der Waals surface area contributed by atoms with Crippen molar-refractivity contribution < 1.29 is 14.3 Å². The summed E-state index contributed by atoms with van der Waals surface area (Å²) >= 11 is 0. The number of nitrogens with one attached hydrogen (secondary N) is 1. The number of nitrogens with zero attached hydrogens (tertiary/aromatic N) is 1. The number of carbonyl (C=O) groups is 1. The van der Waals surface area contributed by atoms with Crippen LogP contribution >= 0.6 is 0 Å². The predicted molar refractivity (Wildman–Crippen MR) is 82.6 cm³/mol. The van der Waals surface area contributed by atoms with Gasteiger partial charge in [0.1, 0.15) is 0 Å².